The summed E-state index contributed by atoms with van der Waals surface area (Å²) in [5.74, 6) is -1.06. The number of hydrogen-bond acceptors (Lipinski definition) is 14. The highest BCUT2D eigenvalue weighted by molar-refractivity contribution is 7.48. The maximum Gasteiger partial charge on any atom is 0.529 e. The normalized spacial score (nSPS) is 20.0. The molecule has 2 aliphatic carbocycles. The number of nitrogen functional groups attached to an aromatic ring is 1. The molecule has 4 atom stereocenters. The van der Waals surface area contributed by atoms with E-state index in [-0.39, 0.29) is 37.4 Å². The van der Waals surface area contributed by atoms with E-state index < -0.39 is 25.8 Å². The number of nitrogens with one attached hydrogen (secondary N) is 1. The first-order valence-corrected chi connectivity index (χ1v) is 15.4. The second-order valence-electron chi connectivity index (χ2n) is 10.3. The van der Waals surface area contributed by atoms with E-state index in [2.05, 4.69) is 20.3 Å². The number of para-hydroxylation sites is 1. The number of allylic oxidation sites excluding steroid dienone is 1. The Balaban J connectivity index is 1.15. The second-order valence-corrected chi connectivity index (χ2v) is 11.7. The zero-order valence-corrected chi connectivity index (χ0v) is 25.0. The van der Waals surface area contributed by atoms with E-state index in [1.165, 1.54) is 14.2 Å². The first-order valence-electron chi connectivity index (χ1n) is 13.9. The fraction of sp³-hybridized carbons (Fsp3) is 0.444. The number of hydroxylamine groups is 2. The van der Waals surface area contributed by atoms with Crippen molar-refractivity contribution in [3.63, 3.8) is 0 Å². The SMILES string of the molecule is CON(OC)[C@@H](CCC(=O)Oc1ccccc1)C(=O)OP(=O)(O)OC[C@@H]1C=C[C@H](n2cnc3c(NC4CC4)nc(N)nc32)C1. The van der Waals surface area contributed by atoms with Crippen LogP contribution in [0.25, 0.3) is 11.2 Å². The molecule has 0 saturated heterocycles. The average molecular weight is 632 g/mol. The number of hydrogen-bond donors (Lipinski definition) is 3. The number of carbonyl (C=O) groups excluding carboxylic acids is 2. The summed E-state index contributed by atoms with van der Waals surface area (Å²) in [5, 5.41) is 4.07. The van der Waals surface area contributed by atoms with Gasteiger partial charge in [0.25, 0.3) is 0 Å². The standard InChI is InChI=1S/C27H34N7O9P/c1-39-34(40-2)21(12-13-22(35)42-20-6-4-3-5-7-20)26(36)43-44(37,38)41-15-17-8-11-19(14-17)33-16-29-23-24(30-18-9-10-18)31-27(28)32-25(23)33/h3-8,11,16-19,21H,9-10,12-15H2,1-2H3,(H,37,38)(H3,28,30,31,32)/t17-,19+,21+/m1/s1. The number of phosphoric ester groups is 1. The van der Waals surface area contributed by atoms with Crippen LogP contribution < -0.4 is 15.8 Å². The third-order valence-electron chi connectivity index (χ3n) is 7.00. The molecule has 0 radical (unpaired) electrons. The Hall–Kier alpha value is -3.92. The monoisotopic (exact) mass is 631 g/mol. The van der Waals surface area contributed by atoms with Crippen LogP contribution in [0.15, 0.2) is 48.8 Å². The van der Waals surface area contributed by atoms with E-state index in [1.807, 2.05) is 16.7 Å². The van der Waals surface area contributed by atoms with Crippen LogP contribution in [0.3, 0.4) is 0 Å². The summed E-state index contributed by atoms with van der Waals surface area (Å²) < 4.78 is 29.8. The number of aromatic nitrogens is 4. The van der Waals surface area contributed by atoms with Crippen molar-refractivity contribution < 1.29 is 42.5 Å². The smallest absolute Gasteiger partial charge is 0.427 e. The van der Waals surface area contributed by atoms with Gasteiger partial charge in [-0.1, -0.05) is 35.6 Å². The van der Waals surface area contributed by atoms with Crippen molar-refractivity contribution in [2.24, 2.45) is 5.92 Å². The van der Waals surface area contributed by atoms with Gasteiger partial charge in [0.15, 0.2) is 23.0 Å². The Morgan fingerprint density at radius 2 is 1.93 bits per heavy atom. The molecule has 0 spiro atoms. The lowest BCUT2D eigenvalue weighted by Gasteiger charge is -2.25. The van der Waals surface area contributed by atoms with E-state index in [0.29, 0.717) is 35.2 Å². The van der Waals surface area contributed by atoms with Gasteiger partial charge in [-0.15, -0.1) is 0 Å². The lowest BCUT2D eigenvalue weighted by Crippen LogP contribution is -2.41. The largest absolute Gasteiger partial charge is 0.529 e. The lowest BCUT2D eigenvalue weighted by atomic mass is 10.1. The number of imidazole rings is 1. The second kappa shape index (κ2) is 13.8. The number of nitrogens with zero attached hydrogens (tertiary/aromatic N) is 5. The highest BCUT2D eigenvalue weighted by atomic mass is 31.2. The molecule has 0 aliphatic heterocycles. The molecule has 2 aliphatic rings. The predicted molar refractivity (Wildman–Crippen MR) is 155 cm³/mol. The molecule has 0 bridgehead atoms. The number of esters is 1. The summed E-state index contributed by atoms with van der Waals surface area (Å²) in [6, 6.07) is 7.19. The van der Waals surface area contributed by atoms with Gasteiger partial charge in [0, 0.05) is 18.4 Å². The number of rotatable bonds is 15. The van der Waals surface area contributed by atoms with Crippen molar-refractivity contribution in [3.8, 4) is 5.75 Å². The Kier molecular flexibility index (Phi) is 9.88. The van der Waals surface area contributed by atoms with Crippen molar-refractivity contribution in [1.29, 1.82) is 0 Å². The van der Waals surface area contributed by atoms with Crippen LogP contribution in [-0.2, 0) is 32.9 Å². The number of fused-ring (bicyclic) bond motifs is 1. The van der Waals surface area contributed by atoms with Crippen molar-refractivity contribution in [1.82, 2.24) is 24.7 Å². The molecule has 4 N–H and O–H groups in total. The number of ether oxygens (including phenoxy) is 1. The molecule has 3 aromatic rings. The van der Waals surface area contributed by atoms with Gasteiger partial charge in [-0.05, 0) is 37.8 Å². The molecule has 0 amide bonds. The maximum absolute atomic E-state index is 12.9. The molecule has 236 valence electrons. The average Bonchev–Trinajstić information content (AvgIpc) is 3.50. The summed E-state index contributed by atoms with van der Waals surface area (Å²) in [6.45, 7) is -0.210. The molecule has 16 nitrogen and oxygen atoms in total. The van der Waals surface area contributed by atoms with Crippen LogP contribution in [0.4, 0.5) is 11.8 Å². The first kappa shape index (κ1) is 31.5. The minimum atomic E-state index is -4.86. The molecule has 17 heteroatoms. The molecule has 1 unspecified atom stereocenters. The molecular weight excluding hydrogens is 597 g/mol. The van der Waals surface area contributed by atoms with Gasteiger partial charge in [-0.2, -0.15) is 9.97 Å². The molecule has 2 heterocycles. The number of benzene rings is 1. The predicted octanol–water partition coefficient (Wildman–Crippen LogP) is 2.94. The van der Waals surface area contributed by atoms with Gasteiger partial charge in [0.1, 0.15) is 5.75 Å². The Morgan fingerprint density at radius 3 is 2.64 bits per heavy atom. The fourth-order valence-electron chi connectivity index (χ4n) is 4.74. The van der Waals surface area contributed by atoms with Crippen molar-refractivity contribution >= 4 is 42.7 Å². The topological polar surface area (TPSA) is 202 Å². The molecule has 2 aromatic heterocycles. The zero-order valence-electron chi connectivity index (χ0n) is 24.1. The van der Waals surface area contributed by atoms with Crippen LogP contribution >= 0.6 is 7.82 Å². The Bertz CT molecular complexity index is 1550. The van der Waals surface area contributed by atoms with Crippen LogP contribution in [0.1, 0.15) is 38.1 Å². The minimum absolute atomic E-state index is 0.124. The quantitative estimate of drug-likeness (QED) is 0.0726. The highest BCUT2D eigenvalue weighted by Gasteiger charge is 2.37. The van der Waals surface area contributed by atoms with Crippen LogP contribution in [0, 0.1) is 5.92 Å². The summed E-state index contributed by atoms with van der Waals surface area (Å²) in [7, 11) is -2.42. The Labute approximate surface area is 252 Å². The molecule has 1 fully saturated rings. The summed E-state index contributed by atoms with van der Waals surface area (Å²) >= 11 is 0. The van der Waals surface area contributed by atoms with E-state index in [9.17, 15) is 19.0 Å². The molecular formula is C27H34N7O9P. The number of anilines is 2. The van der Waals surface area contributed by atoms with E-state index in [1.54, 1.807) is 36.7 Å². The molecule has 1 saturated carbocycles. The van der Waals surface area contributed by atoms with Crippen LogP contribution in [0.5, 0.6) is 5.75 Å². The van der Waals surface area contributed by atoms with Gasteiger partial charge in [-0.25, -0.2) is 14.3 Å². The van der Waals surface area contributed by atoms with Gasteiger partial charge in [-0.3, -0.25) is 23.9 Å². The third-order valence-corrected chi connectivity index (χ3v) is 7.89. The van der Waals surface area contributed by atoms with Crippen molar-refractivity contribution in [3.05, 3.63) is 48.8 Å². The molecule has 1 aromatic carbocycles. The van der Waals surface area contributed by atoms with E-state index >= 15 is 0 Å². The molecule has 44 heavy (non-hydrogen) atoms. The lowest BCUT2D eigenvalue weighted by molar-refractivity contribution is -0.360. The van der Waals surface area contributed by atoms with Crippen LogP contribution in [-0.4, -0.2) is 74.5 Å². The van der Waals surface area contributed by atoms with Crippen LogP contribution in [0.2, 0.25) is 0 Å². The minimum Gasteiger partial charge on any atom is -0.427 e. The third kappa shape index (κ3) is 7.96. The van der Waals surface area contributed by atoms with Gasteiger partial charge >= 0.3 is 19.8 Å². The first-order chi connectivity index (χ1) is 21.2. The van der Waals surface area contributed by atoms with Crippen molar-refractivity contribution in [2.45, 2.75) is 50.2 Å². The fourth-order valence-corrected chi connectivity index (χ4v) is 5.52. The summed E-state index contributed by atoms with van der Waals surface area (Å²) in [6.07, 6.45) is 7.57. The van der Waals surface area contributed by atoms with E-state index in [0.717, 1.165) is 18.1 Å². The summed E-state index contributed by atoms with van der Waals surface area (Å²) in [5.41, 5.74) is 7.12. The Morgan fingerprint density at radius 1 is 1.18 bits per heavy atom. The van der Waals surface area contributed by atoms with Crippen molar-refractivity contribution in [2.75, 3.05) is 31.9 Å². The van der Waals surface area contributed by atoms with Gasteiger partial charge in [0.2, 0.25) is 5.95 Å². The summed E-state index contributed by atoms with van der Waals surface area (Å²) in [4.78, 5) is 58.7. The van der Waals surface area contributed by atoms with Gasteiger partial charge < -0.3 is 24.9 Å². The number of carbonyl (C=O) groups is 2. The maximum atomic E-state index is 12.9. The zero-order chi connectivity index (χ0) is 31.3. The highest BCUT2D eigenvalue weighted by Crippen LogP contribution is 2.45. The number of phosphoric acid groups is 1. The number of nitrogens with two attached hydrogens (primary N) is 1. The van der Waals surface area contributed by atoms with E-state index in [4.69, 9.17) is 29.2 Å². The van der Waals surface area contributed by atoms with Gasteiger partial charge in [0.05, 0.1) is 33.2 Å². The molecule has 5 rings (SSSR count).